The van der Waals surface area contributed by atoms with Crippen molar-refractivity contribution in [2.75, 3.05) is 26.7 Å². The number of carbonyl (C=O) groups excluding carboxylic acids is 1. The van der Waals surface area contributed by atoms with Crippen molar-refractivity contribution in [3.05, 3.63) is 0 Å². The fourth-order valence-corrected chi connectivity index (χ4v) is 1.56. The Balaban J connectivity index is 2.03. The van der Waals surface area contributed by atoms with Crippen LogP contribution in [0.3, 0.4) is 0 Å². The molecule has 13 heavy (non-hydrogen) atoms. The van der Waals surface area contributed by atoms with Crippen molar-refractivity contribution < 1.29 is 14.6 Å². The van der Waals surface area contributed by atoms with Gasteiger partial charge in [0.25, 0.3) is 0 Å². The molecule has 1 fully saturated rings. The summed E-state index contributed by atoms with van der Waals surface area (Å²) in [5, 5.41) is 9.22. The van der Waals surface area contributed by atoms with Gasteiger partial charge < -0.3 is 14.7 Å². The van der Waals surface area contributed by atoms with E-state index in [2.05, 4.69) is 9.64 Å². The fraction of sp³-hybridized carbons (Fsp3) is 0.889. The first-order valence-electron chi connectivity index (χ1n) is 4.69. The summed E-state index contributed by atoms with van der Waals surface area (Å²) in [6.07, 6.45) is 1.99. The molecule has 1 aliphatic rings. The number of aliphatic hydroxyl groups is 1. The number of nitrogens with zero attached hydrogens (tertiary/aromatic N) is 1. The largest absolute Gasteiger partial charge is 0.469 e. The second-order valence-corrected chi connectivity index (χ2v) is 3.42. The summed E-state index contributed by atoms with van der Waals surface area (Å²) < 4.78 is 4.53. The average molecular weight is 187 g/mol. The average Bonchev–Trinajstić information content (AvgIpc) is 2.51. The summed E-state index contributed by atoms with van der Waals surface area (Å²) in [6, 6.07) is 0. The van der Waals surface area contributed by atoms with Crippen LogP contribution in [0.15, 0.2) is 0 Å². The van der Waals surface area contributed by atoms with Gasteiger partial charge in [-0.15, -0.1) is 0 Å². The molecule has 0 aromatic heterocycles. The zero-order valence-electron chi connectivity index (χ0n) is 8.03. The van der Waals surface area contributed by atoms with Crippen molar-refractivity contribution in [1.82, 2.24) is 4.90 Å². The van der Waals surface area contributed by atoms with E-state index in [0.717, 1.165) is 32.5 Å². The van der Waals surface area contributed by atoms with Crippen LogP contribution in [0, 0.1) is 0 Å². The minimum atomic E-state index is -0.168. The van der Waals surface area contributed by atoms with Gasteiger partial charge in [-0.25, -0.2) is 0 Å². The number of hydrogen-bond donors (Lipinski definition) is 1. The van der Waals surface area contributed by atoms with Crippen molar-refractivity contribution >= 4 is 5.97 Å². The standard InChI is InChI=1S/C9H17NO3/c1-13-9(12)3-2-5-10-6-4-8(11)7-10/h8,11H,2-7H2,1H3. The van der Waals surface area contributed by atoms with E-state index >= 15 is 0 Å². The summed E-state index contributed by atoms with van der Waals surface area (Å²) in [7, 11) is 1.40. The first-order chi connectivity index (χ1) is 6.22. The molecule has 1 unspecified atom stereocenters. The third-order valence-corrected chi connectivity index (χ3v) is 2.33. The van der Waals surface area contributed by atoms with Gasteiger partial charge in [0.15, 0.2) is 0 Å². The maximum absolute atomic E-state index is 10.8. The lowest BCUT2D eigenvalue weighted by atomic mass is 10.3. The topological polar surface area (TPSA) is 49.8 Å². The molecule has 0 radical (unpaired) electrons. The molecule has 0 amide bonds. The predicted molar refractivity (Wildman–Crippen MR) is 48.3 cm³/mol. The smallest absolute Gasteiger partial charge is 0.305 e. The number of β-amino-alcohol motifs (C(OH)–C–C–N with tert-alkyl or cyclic N) is 1. The van der Waals surface area contributed by atoms with Crippen LogP contribution in [0.5, 0.6) is 0 Å². The number of likely N-dealkylation sites (tertiary alicyclic amines) is 1. The van der Waals surface area contributed by atoms with Crippen molar-refractivity contribution in [3.63, 3.8) is 0 Å². The fourth-order valence-electron chi connectivity index (χ4n) is 1.56. The molecule has 4 nitrogen and oxygen atoms in total. The highest BCUT2D eigenvalue weighted by Gasteiger charge is 2.19. The number of hydrogen-bond acceptors (Lipinski definition) is 4. The summed E-state index contributed by atoms with van der Waals surface area (Å²) in [5.41, 5.74) is 0. The van der Waals surface area contributed by atoms with E-state index in [1.54, 1.807) is 0 Å². The first kappa shape index (κ1) is 10.5. The Bertz CT molecular complexity index is 172. The highest BCUT2D eigenvalue weighted by molar-refractivity contribution is 5.69. The minimum absolute atomic E-state index is 0.153. The van der Waals surface area contributed by atoms with Crippen LogP contribution >= 0.6 is 0 Å². The lowest BCUT2D eigenvalue weighted by Crippen LogP contribution is -2.23. The molecule has 1 rings (SSSR count). The van der Waals surface area contributed by atoms with Crippen LogP contribution in [0.25, 0.3) is 0 Å². The lowest BCUT2D eigenvalue weighted by Gasteiger charge is -2.13. The summed E-state index contributed by atoms with van der Waals surface area (Å²) in [4.78, 5) is 12.9. The Morgan fingerprint density at radius 1 is 1.69 bits per heavy atom. The molecule has 1 saturated heterocycles. The molecule has 1 heterocycles. The van der Waals surface area contributed by atoms with Gasteiger partial charge in [-0.05, 0) is 19.4 Å². The maximum atomic E-state index is 10.8. The van der Waals surface area contributed by atoms with Crippen molar-refractivity contribution in [2.24, 2.45) is 0 Å². The maximum Gasteiger partial charge on any atom is 0.305 e. The van der Waals surface area contributed by atoms with Gasteiger partial charge >= 0.3 is 5.97 Å². The number of methoxy groups -OCH3 is 1. The molecular weight excluding hydrogens is 170 g/mol. The summed E-state index contributed by atoms with van der Waals surface area (Å²) in [5.74, 6) is -0.153. The molecule has 76 valence electrons. The molecule has 0 aromatic carbocycles. The SMILES string of the molecule is COC(=O)CCCN1CCC(O)C1. The van der Waals surface area contributed by atoms with Crippen LogP contribution in [0.1, 0.15) is 19.3 Å². The van der Waals surface area contributed by atoms with Gasteiger partial charge in [0, 0.05) is 19.5 Å². The third-order valence-electron chi connectivity index (χ3n) is 2.33. The normalized spacial score (nSPS) is 23.4. The van der Waals surface area contributed by atoms with Crippen molar-refractivity contribution in [1.29, 1.82) is 0 Å². The molecular formula is C9H17NO3. The highest BCUT2D eigenvalue weighted by atomic mass is 16.5. The molecule has 0 aliphatic carbocycles. The lowest BCUT2D eigenvalue weighted by molar-refractivity contribution is -0.140. The molecule has 1 N–H and O–H groups in total. The van der Waals surface area contributed by atoms with Crippen molar-refractivity contribution in [2.45, 2.75) is 25.4 Å². The Hall–Kier alpha value is -0.610. The van der Waals surface area contributed by atoms with E-state index in [0.29, 0.717) is 6.42 Å². The second kappa shape index (κ2) is 5.19. The van der Waals surface area contributed by atoms with Crippen molar-refractivity contribution in [3.8, 4) is 0 Å². The van der Waals surface area contributed by atoms with Crippen LogP contribution in [0.2, 0.25) is 0 Å². The highest BCUT2D eigenvalue weighted by Crippen LogP contribution is 2.09. The number of ether oxygens (including phenoxy) is 1. The first-order valence-corrected chi connectivity index (χ1v) is 4.69. The van der Waals surface area contributed by atoms with E-state index in [-0.39, 0.29) is 12.1 Å². The van der Waals surface area contributed by atoms with E-state index in [9.17, 15) is 9.90 Å². The van der Waals surface area contributed by atoms with Crippen LogP contribution in [0.4, 0.5) is 0 Å². The molecule has 0 spiro atoms. The number of esters is 1. The van der Waals surface area contributed by atoms with Gasteiger partial charge in [0.1, 0.15) is 0 Å². The molecule has 1 aliphatic heterocycles. The van der Waals surface area contributed by atoms with Gasteiger partial charge in [-0.2, -0.15) is 0 Å². The monoisotopic (exact) mass is 187 g/mol. The van der Waals surface area contributed by atoms with Crippen LogP contribution < -0.4 is 0 Å². The van der Waals surface area contributed by atoms with Gasteiger partial charge in [-0.1, -0.05) is 0 Å². The second-order valence-electron chi connectivity index (χ2n) is 3.42. The molecule has 0 saturated carbocycles. The Kier molecular flexibility index (Phi) is 4.18. The summed E-state index contributed by atoms with van der Waals surface area (Å²) >= 11 is 0. The van der Waals surface area contributed by atoms with Crippen LogP contribution in [-0.4, -0.2) is 48.8 Å². The third kappa shape index (κ3) is 3.74. The Morgan fingerprint density at radius 3 is 3.00 bits per heavy atom. The zero-order valence-corrected chi connectivity index (χ0v) is 8.03. The van der Waals surface area contributed by atoms with E-state index in [1.165, 1.54) is 7.11 Å². The predicted octanol–water partition coefficient (Wildman–Crippen LogP) is 0.00620. The number of rotatable bonds is 4. The van der Waals surface area contributed by atoms with E-state index in [1.807, 2.05) is 0 Å². The molecule has 0 bridgehead atoms. The van der Waals surface area contributed by atoms with Crippen LogP contribution in [-0.2, 0) is 9.53 Å². The molecule has 4 heteroatoms. The number of carbonyl (C=O) groups is 1. The van der Waals surface area contributed by atoms with E-state index in [4.69, 9.17) is 0 Å². The quantitative estimate of drug-likeness (QED) is 0.630. The Morgan fingerprint density at radius 2 is 2.46 bits per heavy atom. The van der Waals surface area contributed by atoms with Gasteiger partial charge in [-0.3, -0.25) is 4.79 Å². The molecule has 0 aromatic rings. The Labute approximate surface area is 78.5 Å². The minimum Gasteiger partial charge on any atom is -0.469 e. The van der Waals surface area contributed by atoms with Gasteiger partial charge in [0.2, 0.25) is 0 Å². The summed E-state index contributed by atoms with van der Waals surface area (Å²) in [6.45, 7) is 2.58. The molecule has 1 atom stereocenters. The van der Waals surface area contributed by atoms with E-state index < -0.39 is 0 Å². The number of aliphatic hydroxyl groups excluding tert-OH is 1. The van der Waals surface area contributed by atoms with Gasteiger partial charge in [0.05, 0.1) is 13.2 Å². The zero-order chi connectivity index (χ0) is 9.68.